The molecule has 0 radical (unpaired) electrons. The topological polar surface area (TPSA) is 49.4 Å². The summed E-state index contributed by atoms with van der Waals surface area (Å²) in [6.45, 7) is 10.4. The van der Waals surface area contributed by atoms with Crippen LogP contribution >= 0.6 is 0 Å². The van der Waals surface area contributed by atoms with Crippen LogP contribution in [0.15, 0.2) is 48.5 Å². The average Bonchev–Trinajstić information content (AvgIpc) is 2.62. The molecule has 2 rings (SSSR count). The molecule has 27 heavy (non-hydrogen) atoms. The van der Waals surface area contributed by atoms with Crippen LogP contribution in [0.25, 0.3) is 0 Å². The normalized spacial score (nSPS) is 10.9. The summed E-state index contributed by atoms with van der Waals surface area (Å²) in [5.41, 5.74) is 4.00. The molecule has 0 saturated carbocycles. The lowest BCUT2D eigenvalue weighted by molar-refractivity contribution is -0.117. The second kappa shape index (κ2) is 9.36. The highest BCUT2D eigenvalue weighted by molar-refractivity contribution is 5.95. The van der Waals surface area contributed by atoms with Gasteiger partial charge in [0, 0.05) is 31.3 Å². The van der Waals surface area contributed by atoms with Crippen molar-refractivity contribution in [1.29, 1.82) is 0 Å². The minimum Gasteiger partial charge on any atom is -0.326 e. The first kappa shape index (κ1) is 20.7. The van der Waals surface area contributed by atoms with Crippen LogP contribution in [0, 0.1) is 0 Å². The van der Waals surface area contributed by atoms with Crippen LogP contribution < -0.4 is 10.2 Å². The van der Waals surface area contributed by atoms with Crippen molar-refractivity contribution in [1.82, 2.24) is 0 Å². The highest BCUT2D eigenvalue weighted by Gasteiger charge is 2.15. The number of nitrogens with one attached hydrogen (secondary N) is 1. The van der Waals surface area contributed by atoms with E-state index in [-0.39, 0.29) is 18.2 Å². The third-order valence-electron chi connectivity index (χ3n) is 4.67. The van der Waals surface area contributed by atoms with E-state index in [1.807, 2.05) is 48.5 Å². The van der Waals surface area contributed by atoms with Gasteiger partial charge in [-0.25, -0.2) is 0 Å². The van der Waals surface area contributed by atoms with E-state index in [0.717, 1.165) is 16.9 Å². The average molecular weight is 367 g/mol. The number of nitrogens with zero attached hydrogens (tertiary/aromatic N) is 1. The van der Waals surface area contributed by atoms with E-state index in [1.165, 1.54) is 12.5 Å². The zero-order valence-electron chi connectivity index (χ0n) is 17.0. The largest absolute Gasteiger partial charge is 0.326 e. The minimum atomic E-state index is -0.0897. The van der Waals surface area contributed by atoms with Gasteiger partial charge in [0.05, 0.1) is 0 Å². The maximum absolute atomic E-state index is 12.4. The van der Waals surface area contributed by atoms with Gasteiger partial charge in [0.15, 0.2) is 0 Å². The number of carbonyl (C=O) groups excluding carboxylic acids is 2. The molecule has 0 atom stereocenters. The fourth-order valence-electron chi connectivity index (χ4n) is 3.05. The molecule has 144 valence electrons. The highest BCUT2D eigenvalue weighted by atomic mass is 16.2. The molecule has 2 aromatic carbocycles. The number of hydrogen-bond acceptors (Lipinski definition) is 2. The molecule has 0 aliphatic rings. The zero-order valence-corrected chi connectivity index (χ0v) is 17.0. The van der Waals surface area contributed by atoms with Crippen LogP contribution in [0.5, 0.6) is 0 Å². The minimum absolute atomic E-state index is 0.0670. The van der Waals surface area contributed by atoms with Gasteiger partial charge in [-0.2, -0.15) is 0 Å². The van der Waals surface area contributed by atoms with Crippen molar-refractivity contribution >= 4 is 23.2 Å². The summed E-state index contributed by atoms with van der Waals surface area (Å²) in [6.07, 6.45) is 0.248. The van der Waals surface area contributed by atoms with E-state index in [0.29, 0.717) is 18.4 Å². The molecule has 0 spiro atoms. The first-order valence-corrected chi connectivity index (χ1v) is 9.56. The van der Waals surface area contributed by atoms with Crippen molar-refractivity contribution in [3.05, 3.63) is 59.7 Å². The van der Waals surface area contributed by atoms with Gasteiger partial charge < -0.3 is 10.2 Å². The lowest BCUT2D eigenvalue weighted by Gasteiger charge is -2.22. The first-order chi connectivity index (χ1) is 12.8. The molecule has 1 N–H and O–H groups in total. The molecule has 0 aromatic heterocycles. The van der Waals surface area contributed by atoms with Crippen LogP contribution in [0.2, 0.25) is 0 Å². The highest BCUT2D eigenvalue weighted by Crippen LogP contribution is 2.24. The summed E-state index contributed by atoms with van der Waals surface area (Å²) < 4.78 is 0. The van der Waals surface area contributed by atoms with Crippen molar-refractivity contribution in [3.8, 4) is 0 Å². The Morgan fingerprint density at radius 2 is 1.56 bits per heavy atom. The summed E-state index contributed by atoms with van der Waals surface area (Å²) in [6, 6.07) is 15.8. The second-order valence-corrected chi connectivity index (χ2v) is 7.46. The van der Waals surface area contributed by atoms with Crippen molar-refractivity contribution in [2.75, 3.05) is 16.8 Å². The number of carbonyl (C=O) groups is 2. The summed E-state index contributed by atoms with van der Waals surface area (Å²) >= 11 is 0. The van der Waals surface area contributed by atoms with Gasteiger partial charge in [0.1, 0.15) is 0 Å². The van der Waals surface area contributed by atoms with E-state index in [2.05, 4.69) is 33.0 Å². The Bertz CT molecular complexity index is 779. The van der Waals surface area contributed by atoms with Gasteiger partial charge in [0.25, 0.3) is 0 Å². The maximum Gasteiger partial charge on any atom is 0.226 e. The lowest BCUT2D eigenvalue weighted by Crippen LogP contribution is -2.32. The molecular formula is C23H30N2O2. The van der Waals surface area contributed by atoms with Gasteiger partial charge in [-0.3, -0.25) is 9.59 Å². The molecule has 0 saturated heterocycles. The smallest absolute Gasteiger partial charge is 0.226 e. The molecule has 0 aliphatic carbocycles. The molecule has 0 aliphatic heterocycles. The van der Waals surface area contributed by atoms with E-state index in [4.69, 9.17) is 0 Å². The Labute approximate surface area is 162 Å². The van der Waals surface area contributed by atoms with Crippen LogP contribution in [0.3, 0.4) is 0 Å². The number of anilines is 2. The fourth-order valence-corrected chi connectivity index (χ4v) is 3.05. The Morgan fingerprint density at radius 1 is 0.926 bits per heavy atom. The summed E-state index contributed by atoms with van der Waals surface area (Å²) in [4.78, 5) is 26.2. The van der Waals surface area contributed by atoms with Crippen LogP contribution in [0.4, 0.5) is 11.4 Å². The maximum atomic E-state index is 12.4. The number of rotatable bonds is 7. The molecule has 0 fully saturated rings. The predicted octanol–water partition coefficient (Wildman–Crippen LogP) is 5.32. The SMILES string of the molecule is CC(=O)N(CCC(=O)Nc1ccccc1C(C)C)c1ccc(C(C)C)cc1. The summed E-state index contributed by atoms with van der Waals surface area (Å²) in [7, 11) is 0. The molecule has 0 bridgehead atoms. The van der Waals surface area contributed by atoms with E-state index in [1.54, 1.807) is 4.90 Å². The van der Waals surface area contributed by atoms with Gasteiger partial charge in [-0.1, -0.05) is 58.0 Å². The quantitative estimate of drug-likeness (QED) is 0.721. The third-order valence-corrected chi connectivity index (χ3v) is 4.67. The van der Waals surface area contributed by atoms with Gasteiger partial charge >= 0.3 is 0 Å². The molecular weight excluding hydrogens is 336 g/mol. The predicted molar refractivity (Wildman–Crippen MR) is 112 cm³/mol. The monoisotopic (exact) mass is 366 g/mol. The first-order valence-electron chi connectivity index (χ1n) is 9.56. The molecule has 4 heteroatoms. The molecule has 2 aromatic rings. The number of para-hydroxylation sites is 1. The summed E-state index contributed by atoms with van der Waals surface area (Å²) in [5.74, 6) is 0.613. The standard InChI is InChI=1S/C23H30N2O2/c1-16(2)19-10-12-20(13-11-19)25(18(5)26)15-14-23(27)24-22-9-7-6-8-21(22)17(3)4/h6-13,16-17H,14-15H2,1-5H3,(H,24,27). The number of amides is 2. The third kappa shape index (κ3) is 5.68. The van der Waals surface area contributed by atoms with E-state index < -0.39 is 0 Å². The van der Waals surface area contributed by atoms with Gasteiger partial charge in [-0.15, -0.1) is 0 Å². The number of hydrogen-bond donors (Lipinski definition) is 1. The molecule has 2 amide bonds. The second-order valence-electron chi connectivity index (χ2n) is 7.46. The molecule has 4 nitrogen and oxygen atoms in total. The summed E-state index contributed by atoms with van der Waals surface area (Å²) in [5, 5.41) is 2.98. The van der Waals surface area contributed by atoms with Crippen molar-refractivity contribution in [3.63, 3.8) is 0 Å². The van der Waals surface area contributed by atoms with Crippen LogP contribution in [-0.2, 0) is 9.59 Å². The number of benzene rings is 2. The Hall–Kier alpha value is -2.62. The van der Waals surface area contributed by atoms with Crippen LogP contribution in [0.1, 0.15) is 64.0 Å². The van der Waals surface area contributed by atoms with Crippen LogP contribution in [-0.4, -0.2) is 18.4 Å². The van der Waals surface area contributed by atoms with E-state index in [9.17, 15) is 9.59 Å². The Morgan fingerprint density at radius 3 is 2.11 bits per heavy atom. The van der Waals surface area contributed by atoms with Gasteiger partial charge in [0.2, 0.25) is 11.8 Å². The molecule has 0 heterocycles. The lowest BCUT2D eigenvalue weighted by atomic mass is 10.0. The van der Waals surface area contributed by atoms with E-state index >= 15 is 0 Å². The van der Waals surface area contributed by atoms with Gasteiger partial charge in [-0.05, 0) is 41.2 Å². The Kier molecular flexibility index (Phi) is 7.17. The zero-order chi connectivity index (χ0) is 20.0. The van der Waals surface area contributed by atoms with Crippen molar-refractivity contribution in [2.45, 2.75) is 52.9 Å². The fraction of sp³-hybridized carbons (Fsp3) is 0.391. The molecule has 0 unspecified atom stereocenters. The Balaban J connectivity index is 2.04. The van der Waals surface area contributed by atoms with Crippen molar-refractivity contribution in [2.24, 2.45) is 0 Å². The van der Waals surface area contributed by atoms with Crippen molar-refractivity contribution < 1.29 is 9.59 Å².